The van der Waals surface area contributed by atoms with E-state index in [0.29, 0.717) is 5.65 Å². The SMILES string of the molecule is Cc1ccc(S(=O)(=O)n2ccc3c(-c4cccc(CO)c4)ccnc32)cc1. The maximum atomic E-state index is 13.1. The smallest absolute Gasteiger partial charge is 0.269 e. The van der Waals surface area contributed by atoms with E-state index in [4.69, 9.17) is 0 Å². The molecule has 2 heterocycles. The Labute approximate surface area is 157 Å². The summed E-state index contributed by atoms with van der Waals surface area (Å²) in [6.07, 6.45) is 3.14. The highest BCUT2D eigenvalue weighted by atomic mass is 32.2. The van der Waals surface area contributed by atoms with Gasteiger partial charge in [-0.2, -0.15) is 0 Å². The van der Waals surface area contributed by atoms with Crippen LogP contribution in [0.15, 0.2) is 78.0 Å². The third kappa shape index (κ3) is 3.03. The Balaban J connectivity index is 1.89. The number of fused-ring (bicyclic) bond motifs is 1. The second-order valence-electron chi connectivity index (χ2n) is 6.38. The van der Waals surface area contributed by atoms with Gasteiger partial charge in [-0.3, -0.25) is 0 Å². The first kappa shape index (κ1) is 17.5. The highest BCUT2D eigenvalue weighted by Crippen LogP contribution is 2.30. The lowest BCUT2D eigenvalue weighted by Crippen LogP contribution is -2.12. The number of rotatable bonds is 4. The Morgan fingerprint density at radius 2 is 1.81 bits per heavy atom. The summed E-state index contributed by atoms with van der Waals surface area (Å²) in [7, 11) is -3.74. The molecule has 27 heavy (non-hydrogen) atoms. The van der Waals surface area contributed by atoms with Gasteiger partial charge >= 0.3 is 0 Å². The third-order valence-corrected chi connectivity index (χ3v) is 6.23. The highest BCUT2D eigenvalue weighted by molar-refractivity contribution is 7.90. The molecule has 0 saturated heterocycles. The number of pyridine rings is 1. The van der Waals surface area contributed by atoms with Gasteiger partial charge in [0.25, 0.3) is 10.0 Å². The number of aryl methyl sites for hydroxylation is 1. The fraction of sp³-hybridized carbons (Fsp3) is 0.0952. The zero-order valence-electron chi connectivity index (χ0n) is 14.7. The van der Waals surface area contributed by atoms with Crippen molar-refractivity contribution in [3.8, 4) is 11.1 Å². The van der Waals surface area contributed by atoms with Crippen molar-refractivity contribution in [1.29, 1.82) is 0 Å². The topological polar surface area (TPSA) is 72.2 Å². The van der Waals surface area contributed by atoms with E-state index >= 15 is 0 Å². The fourth-order valence-corrected chi connectivity index (χ4v) is 4.42. The van der Waals surface area contributed by atoms with Crippen LogP contribution >= 0.6 is 0 Å². The van der Waals surface area contributed by atoms with Gasteiger partial charge in [0.05, 0.1) is 11.5 Å². The van der Waals surface area contributed by atoms with E-state index in [1.807, 2.05) is 37.3 Å². The Bertz CT molecular complexity index is 1230. The number of nitrogens with zero attached hydrogens (tertiary/aromatic N) is 2. The van der Waals surface area contributed by atoms with Gasteiger partial charge < -0.3 is 5.11 Å². The van der Waals surface area contributed by atoms with Crippen LogP contribution in [0.25, 0.3) is 22.2 Å². The summed E-state index contributed by atoms with van der Waals surface area (Å²) in [5.74, 6) is 0. The molecule has 0 spiro atoms. The average Bonchev–Trinajstić information content (AvgIpc) is 3.13. The van der Waals surface area contributed by atoms with E-state index in [1.54, 1.807) is 36.5 Å². The molecule has 0 aliphatic carbocycles. The Morgan fingerprint density at radius 3 is 2.56 bits per heavy atom. The molecule has 0 saturated carbocycles. The molecule has 136 valence electrons. The summed E-state index contributed by atoms with van der Waals surface area (Å²) >= 11 is 0. The molecule has 0 aliphatic heterocycles. The summed E-state index contributed by atoms with van der Waals surface area (Å²) in [5.41, 5.74) is 3.94. The molecular formula is C21H18N2O3S. The van der Waals surface area contributed by atoms with E-state index in [-0.39, 0.29) is 11.5 Å². The van der Waals surface area contributed by atoms with Crippen molar-refractivity contribution in [2.75, 3.05) is 0 Å². The van der Waals surface area contributed by atoms with Gasteiger partial charge in [-0.15, -0.1) is 0 Å². The van der Waals surface area contributed by atoms with Gasteiger partial charge in [-0.25, -0.2) is 17.4 Å². The molecule has 0 amide bonds. The number of hydrogen-bond acceptors (Lipinski definition) is 4. The van der Waals surface area contributed by atoms with Crippen LogP contribution in [-0.2, 0) is 16.6 Å². The second kappa shape index (κ2) is 6.64. The number of aliphatic hydroxyl groups is 1. The molecule has 0 unspecified atom stereocenters. The minimum atomic E-state index is -3.74. The van der Waals surface area contributed by atoms with Crippen LogP contribution in [0.1, 0.15) is 11.1 Å². The van der Waals surface area contributed by atoms with Crippen LogP contribution in [-0.4, -0.2) is 22.5 Å². The summed E-state index contributed by atoms with van der Waals surface area (Å²) in [6.45, 7) is 1.86. The second-order valence-corrected chi connectivity index (χ2v) is 8.20. The molecule has 2 aromatic carbocycles. The van der Waals surface area contributed by atoms with Gasteiger partial charge in [0, 0.05) is 17.8 Å². The van der Waals surface area contributed by atoms with Crippen molar-refractivity contribution in [2.24, 2.45) is 0 Å². The van der Waals surface area contributed by atoms with Crippen LogP contribution < -0.4 is 0 Å². The Kier molecular flexibility index (Phi) is 4.30. The fourth-order valence-electron chi connectivity index (χ4n) is 3.12. The maximum absolute atomic E-state index is 13.1. The van der Waals surface area contributed by atoms with Crippen molar-refractivity contribution in [3.63, 3.8) is 0 Å². The van der Waals surface area contributed by atoms with E-state index in [9.17, 15) is 13.5 Å². The summed E-state index contributed by atoms with van der Waals surface area (Å²) < 4.78 is 27.3. The molecule has 0 fully saturated rings. The van der Waals surface area contributed by atoms with Gasteiger partial charge in [0.15, 0.2) is 5.65 Å². The summed E-state index contributed by atoms with van der Waals surface area (Å²) in [4.78, 5) is 4.54. The zero-order chi connectivity index (χ0) is 19.0. The molecule has 2 aromatic heterocycles. The molecule has 0 radical (unpaired) electrons. The van der Waals surface area contributed by atoms with Crippen LogP contribution in [0.2, 0.25) is 0 Å². The van der Waals surface area contributed by atoms with Crippen molar-refractivity contribution in [3.05, 3.63) is 84.2 Å². The molecule has 1 N–H and O–H groups in total. The third-order valence-electron chi connectivity index (χ3n) is 4.55. The minimum Gasteiger partial charge on any atom is -0.392 e. The van der Waals surface area contributed by atoms with Crippen LogP contribution in [0.5, 0.6) is 0 Å². The molecule has 4 rings (SSSR count). The van der Waals surface area contributed by atoms with Crippen molar-refractivity contribution < 1.29 is 13.5 Å². The van der Waals surface area contributed by atoms with Gasteiger partial charge in [-0.05, 0) is 53.9 Å². The first-order valence-corrected chi connectivity index (χ1v) is 9.93. The maximum Gasteiger partial charge on any atom is 0.269 e. The monoisotopic (exact) mass is 378 g/mol. The van der Waals surface area contributed by atoms with E-state index < -0.39 is 10.0 Å². The molecule has 0 aliphatic rings. The number of aliphatic hydroxyl groups excluding tert-OH is 1. The van der Waals surface area contributed by atoms with E-state index in [2.05, 4.69) is 4.98 Å². The molecule has 0 atom stereocenters. The molecule has 6 heteroatoms. The molecule has 5 nitrogen and oxygen atoms in total. The lowest BCUT2D eigenvalue weighted by atomic mass is 10.0. The van der Waals surface area contributed by atoms with Crippen molar-refractivity contribution in [2.45, 2.75) is 18.4 Å². The van der Waals surface area contributed by atoms with Crippen LogP contribution in [0.4, 0.5) is 0 Å². The van der Waals surface area contributed by atoms with Crippen LogP contribution in [0, 0.1) is 6.92 Å². The van der Waals surface area contributed by atoms with Gasteiger partial charge in [-0.1, -0.05) is 35.9 Å². The number of hydrogen-bond donors (Lipinski definition) is 1. The largest absolute Gasteiger partial charge is 0.392 e. The first-order chi connectivity index (χ1) is 13.0. The van der Waals surface area contributed by atoms with Crippen molar-refractivity contribution in [1.82, 2.24) is 8.96 Å². The molecule has 4 aromatic rings. The normalized spacial score (nSPS) is 11.8. The quantitative estimate of drug-likeness (QED) is 0.587. The Morgan fingerprint density at radius 1 is 1.04 bits per heavy atom. The predicted molar refractivity (Wildman–Crippen MR) is 105 cm³/mol. The van der Waals surface area contributed by atoms with Crippen LogP contribution in [0.3, 0.4) is 0 Å². The lowest BCUT2D eigenvalue weighted by molar-refractivity contribution is 0.282. The highest BCUT2D eigenvalue weighted by Gasteiger charge is 2.20. The van der Waals surface area contributed by atoms with E-state index in [0.717, 1.165) is 27.6 Å². The van der Waals surface area contributed by atoms with E-state index in [1.165, 1.54) is 10.2 Å². The van der Waals surface area contributed by atoms with Gasteiger partial charge in [0.2, 0.25) is 0 Å². The van der Waals surface area contributed by atoms with Gasteiger partial charge in [0.1, 0.15) is 0 Å². The summed E-state index contributed by atoms with van der Waals surface area (Å²) in [6, 6.07) is 17.9. The van der Waals surface area contributed by atoms with Crippen molar-refractivity contribution >= 4 is 21.1 Å². The molecular weight excluding hydrogens is 360 g/mol. The average molecular weight is 378 g/mol. The zero-order valence-corrected chi connectivity index (χ0v) is 15.5. The standard InChI is InChI=1S/C21H18N2O3S/c1-15-5-7-18(8-6-15)27(25,26)23-12-10-20-19(9-11-22-21(20)23)17-4-2-3-16(13-17)14-24/h2-13,24H,14H2,1H3. The number of aromatic nitrogens is 2. The first-order valence-electron chi connectivity index (χ1n) is 8.49. The Hall–Kier alpha value is -2.96. The number of benzene rings is 2. The molecule has 0 bridgehead atoms. The minimum absolute atomic E-state index is 0.0507. The lowest BCUT2D eigenvalue weighted by Gasteiger charge is -2.09. The predicted octanol–water partition coefficient (Wildman–Crippen LogP) is 3.74. The summed E-state index contributed by atoms with van der Waals surface area (Å²) in [5, 5.41) is 10.1.